The molecule has 1 N–H and O–H groups in total. The van der Waals surface area contributed by atoms with Crippen LogP contribution in [0.15, 0.2) is 30.3 Å². The first-order valence-corrected chi connectivity index (χ1v) is 6.77. The predicted molar refractivity (Wildman–Crippen MR) is 76.3 cm³/mol. The fraction of sp³-hybridized carbons (Fsp3) is 0.438. The third-order valence-electron chi connectivity index (χ3n) is 3.41. The second-order valence-corrected chi connectivity index (χ2v) is 4.88. The first kappa shape index (κ1) is 13.6. The van der Waals surface area contributed by atoms with Gasteiger partial charge in [0, 0.05) is 25.7 Å². The van der Waals surface area contributed by atoms with Crippen molar-refractivity contribution >= 4 is 5.91 Å². The summed E-state index contributed by atoms with van der Waals surface area (Å²) in [6.07, 6.45) is 2.01. The van der Waals surface area contributed by atoms with Crippen LogP contribution in [-0.2, 0) is 11.3 Å². The molecule has 2 rings (SSSR count). The van der Waals surface area contributed by atoms with E-state index in [1.165, 1.54) is 5.56 Å². The van der Waals surface area contributed by atoms with Gasteiger partial charge in [0.2, 0.25) is 0 Å². The molecule has 0 atom stereocenters. The van der Waals surface area contributed by atoms with E-state index in [1.54, 1.807) is 6.92 Å². The minimum absolute atomic E-state index is 0.149. The quantitative estimate of drug-likeness (QED) is 0.836. The average molecular weight is 256 g/mol. The molecule has 100 valence electrons. The molecule has 1 saturated heterocycles. The normalized spacial score (nSPS) is 16.5. The van der Waals surface area contributed by atoms with Gasteiger partial charge in [0.05, 0.1) is 0 Å². The second-order valence-electron chi connectivity index (χ2n) is 4.88. The number of benzene rings is 1. The Morgan fingerprint density at radius 2 is 2.00 bits per heavy atom. The Morgan fingerprint density at radius 3 is 2.63 bits per heavy atom. The Bertz CT molecular complexity index is 465. The maximum Gasteiger partial charge on any atom is 0.296 e. The third-order valence-corrected chi connectivity index (χ3v) is 3.41. The minimum atomic E-state index is -0.149. The van der Waals surface area contributed by atoms with Gasteiger partial charge in [-0.3, -0.25) is 9.69 Å². The lowest BCUT2D eigenvalue weighted by Gasteiger charge is -2.32. The summed E-state index contributed by atoms with van der Waals surface area (Å²) in [7, 11) is 0. The van der Waals surface area contributed by atoms with Crippen molar-refractivity contribution in [2.75, 3.05) is 13.1 Å². The number of piperidine rings is 1. The molecule has 0 radical (unpaired) electrons. The zero-order valence-electron chi connectivity index (χ0n) is 11.4. The zero-order chi connectivity index (χ0) is 13.5. The smallest absolute Gasteiger partial charge is 0.296 e. The molecule has 0 bridgehead atoms. The molecule has 1 aromatic rings. The Kier molecular flexibility index (Phi) is 5.00. The summed E-state index contributed by atoms with van der Waals surface area (Å²) in [5, 5.41) is 2.96. The molecular weight excluding hydrogens is 236 g/mol. The Morgan fingerprint density at radius 1 is 1.32 bits per heavy atom. The van der Waals surface area contributed by atoms with E-state index in [0.29, 0.717) is 0 Å². The topological polar surface area (TPSA) is 32.3 Å². The molecule has 3 heteroatoms. The summed E-state index contributed by atoms with van der Waals surface area (Å²) in [6.45, 7) is 4.73. The highest BCUT2D eigenvalue weighted by molar-refractivity contribution is 5.93. The van der Waals surface area contributed by atoms with Crippen molar-refractivity contribution in [2.24, 2.45) is 0 Å². The van der Waals surface area contributed by atoms with E-state index in [2.05, 4.69) is 46.3 Å². The molecule has 19 heavy (non-hydrogen) atoms. The number of rotatable bonds is 3. The molecule has 1 aliphatic heterocycles. The second kappa shape index (κ2) is 6.96. The summed E-state index contributed by atoms with van der Waals surface area (Å²) in [5.41, 5.74) is 1.35. The van der Waals surface area contributed by atoms with Crippen molar-refractivity contribution in [3.8, 4) is 11.8 Å². The number of carbonyl (C=O) groups excluding carboxylic acids is 1. The van der Waals surface area contributed by atoms with Crippen LogP contribution in [-0.4, -0.2) is 29.9 Å². The third kappa shape index (κ3) is 4.42. The Labute approximate surface area is 115 Å². The maximum atomic E-state index is 11.4. The monoisotopic (exact) mass is 256 g/mol. The lowest BCUT2D eigenvalue weighted by Crippen LogP contribution is -2.44. The lowest BCUT2D eigenvalue weighted by molar-refractivity contribution is -0.116. The van der Waals surface area contributed by atoms with E-state index in [4.69, 9.17) is 0 Å². The van der Waals surface area contributed by atoms with Crippen LogP contribution >= 0.6 is 0 Å². The largest absolute Gasteiger partial charge is 0.342 e. The molecule has 1 aliphatic rings. The molecule has 3 nitrogen and oxygen atoms in total. The van der Waals surface area contributed by atoms with Crippen LogP contribution in [0.4, 0.5) is 0 Å². The van der Waals surface area contributed by atoms with Gasteiger partial charge in [-0.05, 0) is 31.2 Å². The van der Waals surface area contributed by atoms with Crippen molar-refractivity contribution in [2.45, 2.75) is 32.4 Å². The molecule has 0 aliphatic carbocycles. The number of nitrogens with zero attached hydrogens (tertiary/aromatic N) is 1. The molecule has 0 spiro atoms. The molecule has 1 fully saturated rings. The van der Waals surface area contributed by atoms with Gasteiger partial charge in [-0.25, -0.2) is 0 Å². The number of carbonyl (C=O) groups is 1. The Hall–Kier alpha value is -1.79. The molecule has 0 saturated carbocycles. The zero-order valence-corrected chi connectivity index (χ0v) is 11.4. The Balaban J connectivity index is 1.76. The van der Waals surface area contributed by atoms with Crippen LogP contribution in [0.3, 0.4) is 0 Å². The van der Waals surface area contributed by atoms with E-state index in [1.807, 2.05) is 6.07 Å². The van der Waals surface area contributed by atoms with Gasteiger partial charge in [0.15, 0.2) is 0 Å². The highest BCUT2D eigenvalue weighted by Gasteiger charge is 2.19. The van der Waals surface area contributed by atoms with E-state index in [0.717, 1.165) is 32.5 Å². The van der Waals surface area contributed by atoms with Gasteiger partial charge in [-0.2, -0.15) is 0 Å². The predicted octanol–water partition coefficient (Wildman–Crippen LogP) is 1.79. The van der Waals surface area contributed by atoms with Gasteiger partial charge in [-0.1, -0.05) is 36.3 Å². The van der Waals surface area contributed by atoms with Crippen molar-refractivity contribution in [1.82, 2.24) is 10.2 Å². The SMILES string of the molecule is CC#CC(=O)NC1CCN(Cc2ccccc2)CC1. The van der Waals surface area contributed by atoms with Crippen molar-refractivity contribution in [1.29, 1.82) is 0 Å². The summed E-state index contributed by atoms with van der Waals surface area (Å²) < 4.78 is 0. The number of nitrogens with one attached hydrogen (secondary N) is 1. The molecular formula is C16H20N2O. The summed E-state index contributed by atoms with van der Waals surface area (Å²) in [5.74, 6) is 5.01. The fourth-order valence-corrected chi connectivity index (χ4v) is 2.41. The van der Waals surface area contributed by atoms with E-state index >= 15 is 0 Å². The molecule has 0 aromatic heterocycles. The molecule has 1 amide bonds. The van der Waals surface area contributed by atoms with Gasteiger partial charge >= 0.3 is 0 Å². The van der Waals surface area contributed by atoms with Gasteiger partial charge < -0.3 is 5.32 Å². The van der Waals surface area contributed by atoms with Gasteiger partial charge in [-0.15, -0.1) is 0 Å². The minimum Gasteiger partial charge on any atom is -0.342 e. The fourth-order valence-electron chi connectivity index (χ4n) is 2.41. The first-order chi connectivity index (χ1) is 9.28. The van der Waals surface area contributed by atoms with E-state index < -0.39 is 0 Å². The highest BCUT2D eigenvalue weighted by Crippen LogP contribution is 2.13. The summed E-state index contributed by atoms with van der Waals surface area (Å²) in [4.78, 5) is 13.8. The van der Waals surface area contributed by atoms with Crippen LogP contribution < -0.4 is 5.32 Å². The van der Waals surface area contributed by atoms with E-state index in [9.17, 15) is 4.79 Å². The van der Waals surface area contributed by atoms with E-state index in [-0.39, 0.29) is 11.9 Å². The van der Waals surface area contributed by atoms with Crippen molar-refractivity contribution < 1.29 is 4.79 Å². The van der Waals surface area contributed by atoms with Gasteiger partial charge in [0.1, 0.15) is 0 Å². The summed E-state index contributed by atoms with van der Waals surface area (Å²) >= 11 is 0. The average Bonchev–Trinajstić information content (AvgIpc) is 2.42. The molecule has 1 heterocycles. The number of likely N-dealkylation sites (tertiary alicyclic amines) is 1. The van der Waals surface area contributed by atoms with Crippen LogP contribution in [0.2, 0.25) is 0 Å². The van der Waals surface area contributed by atoms with Crippen molar-refractivity contribution in [3.05, 3.63) is 35.9 Å². The van der Waals surface area contributed by atoms with Crippen LogP contribution in [0, 0.1) is 11.8 Å². The highest BCUT2D eigenvalue weighted by atomic mass is 16.1. The lowest BCUT2D eigenvalue weighted by atomic mass is 10.0. The van der Waals surface area contributed by atoms with Crippen molar-refractivity contribution in [3.63, 3.8) is 0 Å². The maximum absolute atomic E-state index is 11.4. The summed E-state index contributed by atoms with van der Waals surface area (Å²) in [6, 6.07) is 10.8. The van der Waals surface area contributed by atoms with Crippen LogP contribution in [0.25, 0.3) is 0 Å². The molecule has 0 unspecified atom stereocenters. The van der Waals surface area contributed by atoms with Crippen LogP contribution in [0.1, 0.15) is 25.3 Å². The standard InChI is InChI=1S/C16H20N2O/c1-2-6-16(19)17-15-9-11-18(12-10-15)13-14-7-4-3-5-8-14/h3-5,7-8,15H,9-13H2,1H3,(H,17,19). The number of amides is 1. The first-order valence-electron chi connectivity index (χ1n) is 6.77. The number of hydrogen-bond acceptors (Lipinski definition) is 2. The van der Waals surface area contributed by atoms with Crippen LogP contribution in [0.5, 0.6) is 0 Å². The molecule has 1 aromatic carbocycles. The number of hydrogen-bond donors (Lipinski definition) is 1. The van der Waals surface area contributed by atoms with Gasteiger partial charge in [0.25, 0.3) is 5.91 Å².